The highest BCUT2D eigenvalue weighted by Crippen LogP contribution is 2.39. The van der Waals surface area contributed by atoms with E-state index >= 15 is 0 Å². The molecule has 0 saturated heterocycles. The summed E-state index contributed by atoms with van der Waals surface area (Å²) < 4.78 is 50.8. The van der Waals surface area contributed by atoms with Crippen LogP contribution in [0, 0.1) is 12.7 Å². The number of rotatable bonds is 7. The molecular formula is C25H22FN7O3S. The van der Waals surface area contributed by atoms with Crippen LogP contribution in [-0.4, -0.2) is 33.2 Å². The number of aryl methyl sites for hydroxylation is 2. The van der Waals surface area contributed by atoms with E-state index in [4.69, 9.17) is 10.5 Å². The molecule has 3 heterocycles. The number of halogens is 1. The Morgan fingerprint density at radius 1 is 1.05 bits per heavy atom. The highest BCUT2D eigenvalue weighted by molar-refractivity contribution is 7.91. The van der Waals surface area contributed by atoms with Gasteiger partial charge in [-0.2, -0.15) is 5.10 Å². The molecule has 37 heavy (non-hydrogen) atoms. The Bertz CT molecular complexity index is 1740. The smallest absolute Gasteiger partial charge is 0.238 e. The monoisotopic (exact) mass is 519 g/mol. The summed E-state index contributed by atoms with van der Waals surface area (Å²) in [7, 11) is -2.28. The highest BCUT2D eigenvalue weighted by atomic mass is 32.2. The molecule has 3 N–H and O–H groups in total. The second-order valence-electron chi connectivity index (χ2n) is 8.33. The summed E-state index contributed by atoms with van der Waals surface area (Å²) in [6.45, 7) is 1.83. The fourth-order valence-electron chi connectivity index (χ4n) is 3.91. The number of sulfonamides is 1. The van der Waals surface area contributed by atoms with E-state index < -0.39 is 21.6 Å². The summed E-state index contributed by atoms with van der Waals surface area (Å²) in [5.41, 5.74) is 7.73. The zero-order valence-electron chi connectivity index (χ0n) is 19.9. The lowest BCUT2D eigenvalue weighted by molar-refractivity contribution is 0.466. The minimum Gasteiger partial charge on any atom is -0.437 e. The lowest BCUT2D eigenvalue weighted by Crippen LogP contribution is -2.16. The third-order valence-electron chi connectivity index (χ3n) is 5.58. The largest absolute Gasteiger partial charge is 0.437 e. The van der Waals surface area contributed by atoms with Crippen LogP contribution in [0.1, 0.15) is 11.3 Å². The fourth-order valence-corrected chi connectivity index (χ4v) is 5.05. The van der Waals surface area contributed by atoms with Crippen molar-refractivity contribution in [2.75, 3.05) is 10.5 Å². The maximum atomic E-state index is 14.9. The first kappa shape index (κ1) is 24.1. The number of nitrogens with zero attached hydrogens (tertiary/aromatic N) is 5. The van der Waals surface area contributed by atoms with E-state index in [9.17, 15) is 12.8 Å². The van der Waals surface area contributed by atoms with Crippen molar-refractivity contribution in [3.63, 3.8) is 0 Å². The highest BCUT2D eigenvalue weighted by Gasteiger charge is 2.21. The zero-order chi connectivity index (χ0) is 26.2. The van der Waals surface area contributed by atoms with Gasteiger partial charge in [-0.3, -0.25) is 9.40 Å². The Balaban J connectivity index is 1.56. The Hall–Kier alpha value is -4.58. The Kier molecular flexibility index (Phi) is 6.17. The molecule has 0 amide bonds. The van der Waals surface area contributed by atoms with Gasteiger partial charge in [-0.15, -0.1) is 0 Å². The maximum Gasteiger partial charge on any atom is 0.238 e. The second kappa shape index (κ2) is 9.47. The first-order chi connectivity index (χ1) is 17.7. The number of nitrogen functional groups attached to an aromatic ring is 1. The zero-order valence-corrected chi connectivity index (χ0v) is 20.7. The molecule has 5 aromatic rings. The van der Waals surface area contributed by atoms with Crippen molar-refractivity contribution in [3.8, 4) is 22.9 Å². The van der Waals surface area contributed by atoms with Crippen molar-refractivity contribution < 1.29 is 17.5 Å². The van der Waals surface area contributed by atoms with E-state index in [0.29, 0.717) is 33.5 Å². The SMILES string of the molecule is Cc1ccc2c(NS(=O)(=O)Cc3ccn(C)n3)c(F)ccc2c1Oc1ncccc1-c1ccnc(N)n1. The standard InChI is InChI=1S/C25H22FN7O3S/c1-15-5-6-17-18(7-8-20(26)22(17)32-37(34,35)14-16-10-13-33(2)31-16)23(15)36-24-19(4-3-11-28-24)21-9-12-29-25(27)30-21/h3-13,32H,14H2,1-2H3,(H2,27,29,30). The molecule has 0 atom stereocenters. The van der Waals surface area contributed by atoms with E-state index in [1.807, 2.05) is 6.92 Å². The van der Waals surface area contributed by atoms with E-state index in [2.05, 4.69) is 24.8 Å². The summed E-state index contributed by atoms with van der Waals surface area (Å²) >= 11 is 0. The van der Waals surface area contributed by atoms with E-state index in [1.54, 1.807) is 55.8 Å². The number of hydrogen-bond acceptors (Lipinski definition) is 8. The van der Waals surface area contributed by atoms with E-state index in [-0.39, 0.29) is 17.5 Å². The topological polar surface area (TPSA) is 138 Å². The Morgan fingerprint density at radius 2 is 1.86 bits per heavy atom. The summed E-state index contributed by atoms with van der Waals surface area (Å²) in [5.74, 6) is -0.380. The van der Waals surface area contributed by atoms with Gasteiger partial charge in [-0.05, 0) is 48.9 Å². The number of hydrogen-bond donors (Lipinski definition) is 2. The van der Waals surface area contributed by atoms with Crippen molar-refractivity contribution >= 4 is 32.4 Å². The van der Waals surface area contributed by atoms with Crippen LogP contribution >= 0.6 is 0 Å². The maximum absolute atomic E-state index is 14.9. The molecule has 2 aromatic carbocycles. The number of pyridine rings is 1. The molecule has 12 heteroatoms. The average molecular weight is 520 g/mol. The number of aromatic nitrogens is 5. The number of fused-ring (bicyclic) bond motifs is 1. The van der Waals surface area contributed by atoms with Crippen molar-refractivity contribution in [1.82, 2.24) is 24.7 Å². The number of nitrogens with two attached hydrogens (primary N) is 1. The van der Waals surface area contributed by atoms with Gasteiger partial charge in [-0.1, -0.05) is 12.1 Å². The Morgan fingerprint density at radius 3 is 2.62 bits per heavy atom. The van der Waals surface area contributed by atoms with Gasteiger partial charge >= 0.3 is 0 Å². The molecule has 188 valence electrons. The van der Waals surface area contributed by atoms with Crippen LogP contribution in [0.5, 0.6) is 11.6 Å². The molecule has 5 rings (SSSR count). The molecule has 3 aromatic heterocycles. The molecule has 0 radical (unpaired) electrons. The van der Waals surface area contributed by atoms with Crippen molar-refractivity contribution in [1.29, 1.82) is 0 Å². The third-order valence-corrected chi connectivity index (χ3v) is 6.77. The van der Waals surface area contributed by atoms with Crippen LogP contribution in [0.3, 0.4) is 0 Å². The van der Waals surface area contributed by atoms with Crippen LogP contribution in [0.15, 0.2) is 67.1 Å². The predicted octanol–water partition coefficient (Wildman–Crippen LogP) is 4.19. The van der Waals surface area contributed by atoms with Gasteiger partial charge in [0.25, 0.3) is 0 Å². The molecule has 0 aliphatic rings. The van der Waals surface area contributed by atoms with Gasteiger partial charge in [0.05, 0.1) is 22.6 Å². The molecule has 0 bridgehead atoms. The lowest BCUT2D eigenvalue weighted by atomic mass is 10.0. The fraction of sp³-hybridized carbons (Fsp3) is 0.120. The number of benzene rings is 2. The Labute approximate surface area is 212 Å². The van der Waals surface area contributed by atoms with Gasteiger partial charge in [0.15, 0.2) is 0 Å². The van der Waals surface area contributed by atoms with Crippen molar-refractivity contribution in [3.05, 3.63) is 84.2 Å². The molecule has 0 spiro atoms. The molecule has 0 saturated carbocycles. The van der Waals surface area contributed by atoms with E-state index in [0.717, 1.165) is 5.56 Å². The summed E-state index contributed by atoms with van der Waals surface area (Å²) in [6, 6.07) is 12.9. The van der Waals surface area contributed by atoms with Crippen molar-refractivity contribution in [2.24, 2.45) is 7.05 Å². The molecule has 0 fully saturated rings. The molecule has 0 aliphatic carbocycles. The molecule has 0 unspecified atom stereocenters. The second-order valence-corrected chi connectivity index (χ2v) is 10.1. The van der Waals surface area contributed by atoms with Gasteiger partial charge < -0.3 is 10.5 Å². The van der Waals surface area contributed by atoms with Gasteiger partial charge in [0, 0.05) is 36.4 Å². The lowest BCUT2D eigenvalue weighted by Gasteiger charge is -2.16. The van der Waals surface area contributed by atoms with Gasteiger partial charge in [0.1, 0.15) is 17.3 Å². The first-order valence-corrected chi connectivity index (χ1v) is 12.8. The number of ether oxygens (including phenoxy) is 1. The van der Waals surface area contributed by atoms with Crippen LogP contribution in [-0.2, 0) is 22.8 Å². The molecule has 0 aliphatic heterocycles. The number of anilines is 2. The normalized spacial score (nSPS) is 11.5. The molecule has 10 nitrogen and oxygen atoms in total. The molecular weight excluding hydrogens is 497 g/mol. The van der Waals surface area contributed by atoms with Crippen molar-refractivity contribution in [2.45, 2.75) is 12.7 Å². The van der Waals surface area contributed by atoms with Gasteiger partial charge in [0.2, 0.25) is 21.9 Å². The summed E-state index contributed by atoms with van der Waals surface area (Å²) in [4.78, 5) is 12.5. The quantitative estimate of drug-likeness (QED) is 0.326. The van der Waals surface area contributed by atoms with Crippen LogP contribution in [0.25, 0.3) is 22.0 Å². The summed E-state index contributed by atoms with van der Waals surface area (Å²) in [6.07, 6.45) is 4.74. The number of nitrogens with one attached hydrogen (secondary N) is 1. The van der Waals surface area contributed by atoms with E-state index in [1.165, 1.54) is 23.0 Å². The van der Waals surface area contributed by atoms with Crippen LogP contribution in [0.4, 0.5) is 16.0 Å². The van der Waals surface area contributed by atoms with Gasteiger partial charge in [-0.25, -0.2) is 27.8 Å². The minimum absolute atomic E-state index is 0.103. The minimum atomic E-state index is -3.96. The first-order valence-electron chi connectivity index (χ1n) is 11.1. The van der Waals surface area contributed by atoms with Crippen LogP contribution in [0.2, 0.25) is 0 Å². The predicted molar refractivity (Wildman–Crippen MR) is 138 cm³/mol. The average Bonchev–Trinajstić information content (AvgIpc) is 3.26. The summed E-state index contributed by atoms with van der Waals surface area (Å²) in [5, 5.41) is 4.92. The van der Waals surface area contributed by atoms with Crippen LogP contribution < -0.4 is 15.2 Å². The third kappa shape index (κ3) is 5.05.